The molecule has 2 aliphatic rings. The van der Waals surface area contributed by atoms with Crippen LogP contribution in [0.1, 0.15) is 41.9 Å². The normalized spacial score (nSPS) is 21.6. The number of aryl methyl sites for hydroxylation is 1. The third kappa shape index (κ3) is 1.67. The molecule has 1 fully saturated rings. The van der Waals surface area contributed by atoms with E-state index in [0.29, 0.717) is 0 Å². The topological polar surface area (TPSA) is 24.9 Å². The number of nitrogens with one attached hydrogen (secondary N) is 1. The Kier molecular flexibility index (Phi) is 2.45. The Balaban J connectivity index is 1.93. The lowest BCUT2D eigenvalue weighted by atomic mass is 9.87. The van der Waals surface area contributed by atoms with E-state index in [2.05, 4.69) is 22.7 Å². The molecule has 0 spiro atoms. The zero-order valence-electron chi connectivity index (χ0n) is 9.13. The van der Waals surface area contributed by atoms with Crippen molar-refractivity contribution in [3.05, 3.63) is 29.1 Å². The van der Waals surface area contributed by atoms with E-state index in [0.717, 1.165) is 5.92 Å². The first kappa shape index (κ1) is 9.34. The van der Waals surface area contributed by atoms with Crippen LogP contribution in [0, 0.1) is 0 Å². The predicted molar refractivity (Wildman–Crippen MR) is 61.1 cm³/mol. The molecule has 15 heavy (non-hydrogen) atoms. The van der Waals surface area contributed by atoms with Crippen molar-refractivity contribution < 1.29 is 0 Å². The summed E-state index contributed by atoms with van der Waals surface area (Å²) >= 11 is 0. The van der Waals surface area contributed by atoms with E-state index in [1.54, 1.807) is 11.1 Å². The van der Waals surface area contributed by atoms with Gasteiger partial charge in [0.05, 0.1) is 0 Å². The summed E-state index contributed by atoms with van der Waals surface area (Å²) in [7, 11) is 0. The van der Waals surface area contributed by atoms with Crippen LogP contribution >= 0.6 is 0 Å². The molecular weight excluding hydrogens is 184 g/mol. The Bertz CT molecular complexity index is 354. The number of piperidine rings is 1. The van der Waals surface area contributed by atoms with Crippen molar-refractivity contribution in [3.63, 3.8) is 0 Å². The number of rotatable bonds is 1. The standard InChI is InChI=1S/C13H18N2/c1-2-11-8-15-9-13(12(11)3-1)10-4-6-14-7-5-10/h8-10,14H,1-7H2. The minimum absolute atomic E-state index is 0.770. The van der Waals surface area contributed by atoms with E-state index >= 15 is 0 Å². The second kappa shape index (κ2) is 3.93. The summed E-state index contributed by atoms with van der Waals surface area (Å²) in [5.41, 5.74) is 4.72. The van der Waals surface area contributed by atoms with Gasteiger partial charge in [-0.25, -0.2) is 0 Å². The van der Waals surface area contributed by atoms with E-state index in [9.17, 15) is 0 Å². The number of aromatic nitrogens is 1. The Hall–Kier alpha value is -0.890. The van der Waals surface area contributed by atoms with E-state index < -0.39 is 0 Å². The predicted octanol–water partition coefficient (Wildman–Crippen LogP) is 2.04. The van der Waals surface area contributed by atoms with Crippen molar-refractivity contribution >= 4 is 0 Å². The molecule has 1 aromatic rings. The number of pyridine rings is 1. The molecule has 2 heteroatoms. The molecule has 0 bridgehead atoms. The van der Waals surface area contributed by atoms with Crippen molar-refractivity contribution in [2.75, 3.05) is 13.1 Å². The molecule has 0 atom stereocenters. The smallest absolute Gasteiger partial charge is 0.0305 e. The summed E-state index contributed by atoms with van der Waals surface area (Å²) in [5.74, 6) is 0.770. The number of fused-ring (bicyclic) bond motifs is 1. The molecule has 0 amide bonds. The SMILES string of the molecule is c1ncc(C2CCNCC2)c2c1CCC2. The number of hydrogen-bond donors (Lipinski definition) is 1. The van der Waals surface area contributed by atoms with Gasteiger partial charge in [-0.3, -0.25) is 4.98 Å². The quantitative estimate of drug-likeness (QED) is 0.753. The van der Waals surface area contributed by atoms with Crippen molar-refractivity contribution in [3.8, 4) is 0 Å². The van der Waals surface area contributed by atoms with Crippen LogP contribution in [0.4, 0.5) is 0 Å². The van der Waals surface area contributed by atoms with Crippen LogP contribution in [0.25, 0.3) is 0 Å². The van der Waals surface area contributed by atoms with Gasteiger partial charge in [0, 0.05) is 12.4 Å². The van der Waals surface area contributed by atoms with Crippen LogP contribution < -0.4 is 5.32 Å². The van der Waals surface area contributed by atoms with Crippen LogP contribution in [0.15, 0.2) is 12.4 Å². The highest BCUT2D eigenvalue weighted by molar-refractivity contribution is 5.37. The lowest BCUT2D eigenvalue weighted by molar-refractivity contribution is 0.457. The van der Waals surface area contributed by atoms with Crippen LogP contribution in [0.3, 0.4) is 0 Å². The maximum atomic E-state index is 4.41. The highest BCUT2D eigenvalue weighted by Gasteiger charge is 2.22. The maximum Gasteiger partial charge on any atom is 0.0305 e. The fourth-order valence-corrected chi connectivity index (χ4v) is 3.01. The summed E-state index contributed by atoms with van der Waals surface area (Å²) in [6.07, 6.45) is 10.7. The van der Waals surface area contributed by atoms with Gasteiger partial charge in [-0.15, -0.1) is 0 Å². The van der Waals surface area contributed by atoms with Gasteiger partial charge in [0.25, 0.3) is 0 Å². The first-order valence-electron chi connectivity index (χ1n) is 6.11. The van der Waals surface area contributed by atoms with E-state index in [4.69, 9.17) is 0 Å². The van der Waals surface area contributed by atoms with E-state index in [1.165, 1.54) is 50.8 Å². The molecule has 0 aromatic carbocycles. The molecular formula is C13H18N2. The van der Waals surface area contributed by atoms with E-state index in [1.807, 2.05) is 0 Å². The Labute approximate surface area is 91.1 Å². The minimum Gasteiger partial charge on any atom is -0.317 e. The summed E-state index contributed by atoms with van der Waals surface area (Å²) in [6, 6.07) is 0. The lowest BCUT2D eigenvalue weighted by Gasteiger charge is -2.24. The van der Waals surface area contributed by atoms with Crippen molar-refractivity contribution in [1.82, 2.24) is 10.3 Å². The highest BCUT2D eigenvalue weighted by atomic mass is 14.9. The fraction of sp³-hybridized carbons (Fsp3) is 0.615. The van der Waals surface area contributed by atoms with Crippen molar-refractivity contribution in [2.24, 2.45) is 0 Å². The molecule has 1 aromatic heterocycles. The summed E-state index contributed by atoms with van der Waals surface area (Å²) in [5, 5.41) is 3.43. The molecule has 0 saturated carbocycles. The first-order chi connectivity index (χ1) is 7.45. The third-order valence-corrected chi connectivity index (χ3v) is 3.83. The second-order valence-electron chi connectivity index (χ2n) is 4.74. The molecule has 0 radical (unpaired) electrons. The fourth-order valence-electron chi connectivity index (χ4n) is 3.01. The molecule has 2 heterocycles. The highest BCUT2D eigenvalue weighted by Crippen LogP contribution is 2.33. The molecule has 0 unspecified atom stereocenters. The number of hydrogen-bond acceptors (Lipinski definition) is 2. The van der Waals surface area contributed by atoms with Gasteiger partial charge in [-0.05, 0) is 67.8 Å². The molecule has 1 saturated heterocycles. The monoisotopic (exact) mass is 202 g/mol. The summed E-state index contributed by atoms with van der Waals surface area (Å²) in [4.78, 5) is 4.41. The van der Waals surface area contributed by atoms with Gasteiger partial charge < -0.3 is 5.32 Å². The van der Waals surface area contributed by atoms with Crippen LogP contribution in [-0.4, -0.2) is 18.1 Å². The van der Waals surface area contributed by atoms with Gasteiger partial charge in [0.15, 0.2) is 0 Å². The Morgan fingerprint density at radius 3 is 2.87 bits per heavy atom. The molecule has 80 valence electrons. The summed E-state index contributed by atoms with van der Waals surface area (Å²) in [6.45, 7) is 2.35. The van der Waals surface area contributed by atoms with Gasteiger partial charge in [-0.2, -0.15) is 0 Å². The van der Waals surface area contributed by atoms with Gasteiger partial charge in [0.2, 0.25) is 0 Å². The molecule has 1 aliphatic carbocycles. The van der Waals surface area contributed by atoms with Crippen molar-refractivity contribution in [2.45, 2.75) is 38.0 Å². The van der Waals surface area contributed by atoms with Crippen molar-refractivity contribution in [1.29, 1.82) is 0 Å². The van der Waals surface area contributed by atoms with Crippen LogP contribution in [0.2, 0.25) is 0 Å². The largest absolute Gasteiger partial charge is 0.317 e. The molecule has 2 nitrogen and oxygen atoms in total. The van der Waals surface area contributed by atoms with E-state index in [-0.39, 0.29) is 0 Å². The van der Waals surface area contributed by atoms with Gasteiger partial charge >= 0.3 is 0 Å². The Morgan fingerprint density at radius 2 is 2.00 bits per heavy atom. The maximum absolute atomic E-state index is 4.41. The minimum atomic E-state index is 0.770. The average molecular weight is 202 g/mol. The third-order valence-electron chi connectivity index (χ3n) is 3.83. The van der Waals surface area contributed by atoms with Gasteiger partial charge in [0.1, 0.15) is 0 Å². The zero-order valence-corrected chi connectivity index (χ0v) is 9.13. The van der Waals surface area contributed by atoms with Crippen LogP contribution in [-0.2, 0) is 12.8 Å². The second-order valence-corrected chi connectivity index (χ2v) is 4.74. The van der Waals surface area contributed by atoms with Gasteiger partial charge in [-0.1, -0.05) is 0 Å². The molecule has 3 rings (SSSR count). The lowest BCUT2D eigenvalue weighted by Crippen LogP contribution is -2.27. The average Bonchev–Trinajstić information content (AvgIpc) is 2.78. The molecule has 1 N–H and O–H groups in total. The van der Waals surface area contributed by atoms with Crippen LogP contribution in [0.5, 0.6) is 0 Å². The Morgan fingerprint density at radius 1 is 1.13 bits per heavy atom. The number of nitrogens with zero attached hydrogens (tertiary/aromatic N) is 1. The zero-order chi connectivity index (χ0) is 10.1. The summed E-state index contributed by atoms with van der Waals surface area (Å²) < 4.78 is 0. The first-order valence-corrected chi connectivity index (χ1v) is 6.11. The molecule has 1 aliphatic heterocycles.